The minimum Gasteiger partial charge on any atom is -0.332 e. The lowest BCUT2D eigenvalue weighted by atomic mass is 9.95. The quantitative estimate of drug-likeness (QED) is 0.823. The SMILES string of the molecule is CCc1nc2n(c1C)CCCC2CCN. The number of rotatable bonds is 3. The second-order valence-corrected chi connectivity index (χ2v) is 4.42. The zero-order valence-corrected chi connectivity index (χ0v) is 9.79. The van der Waals surface area contributed by atoms with Crippen LogP contribution in [0.25, 0.3) is 0 Å². The van der Waals surface area contributed by atoms with E-state index in [1.165, 1.54) is 30.1 Å². The molecular weight excluding hydrogens is 186 g/mol. The molecule has 0 aromatic carbocycles. The van der Waals surface area contributed by atoms with Gasteiger partial charge in [0.25, 0.3) is 0 Å². The largest absolute Gasteiger partial charge is 0.332 e. The standard InChI is InChI=1S/C12H21N3/c1-3-11-9(2)15-8-4-5-10(6-7-13)12(15)14-11/h10H,3-8,13H2,1-2H3. The molecule has 0 bridgehead atoms. The molecule has 0 fully saturated rings. The van der Waals surface area contributed by atoms with Gasteiger partial charge in [-0.1, -0.05) is 6.92 Å². The molecule has 1 aromatic heterocycles. The first-order valence-corrected chi connectivity index (χ1v) is 6.03. The van der Waals surface area contributed by atoms with Crippen LogP contribution in [0.15, 0.2) is 0 Å². The van der Waals surface area contributed by atoms with Gasteiger partial charge >= 0.3 is 0 Å². The second kappa shape index (κ2) is 4.35. The molecule has 1 aromatic rings. The lowest BCUT2D eigenvalue weighted by Crippen LogP contribution is -2.19. The number of hydrogen-bond acceptors (Lipinski definition) is 2. The highest BCUT2D eigenvalue weighted by Gasteiger charge is 2.24. The average molecular weight is 207 g/mol. The van der Waals surface area contributed by atoms with Gasteiger partial charge in [0.05, 0.1) is 5.69 Å². The number of aromatic nitrogens is 2. The average Bonchev–Trinajstić information content (AvgIpc) is 2.58. The summed E-state index contributed by atoms with van der Waals surface area (Å²) >= 11 is 0. The molecule has 0 aliphatic carbocycles. The molecule has 1 atom stereocenters. The van der Waals surface area contributed by atoms with Gasteiger partial charge in [-0.05, 0) is 39.2 Å². The van der Waals surface area contributed by atoms with Crippen molar-refractivity contribution in [1.29, 1.82) is 0 Å². The van der Waals surface area contributed by atoms with E-state index in [2.05, 4.69) is 18.4 Å². The second-order valence-electron chi connectivity index (χ2n) is 4.42. The Morgan fingerprint density at radius 3 is 3.00 bits per heavy atom. The van der Waals surface area contributed by atoms with Crippen molar-refractivity contribution in [2.45, 2.75) is 52.0 Å². The Labute approximate surface area is 91.7 Å². The lowest BCUT2D eigenvalue weighted by Gasteiger charge is -2.23. The Balaban J connectivity index is 2.34. The smallest absolute Gasteiger partial charge is 0.112 e. The van der Waals surface area contributed by atoms with E-state index in [0.29, 0.717) is 5.92 Å². The molecule has 0 spiro atoms. The zero-order chi connectivity index (χ0) is 10.8. The van der Waals surface area contributed by atoms with Crippen molar-refractivity contribution in [3.05, 3.63) is 17.2 Å². The predicted molar refractivity (Wildman–Crippen MR) is 62.0 cm³/mol. The molecule has 2 N–H and O–H groups in total. The van der Waals surface area contributed by atoms with Crippen molar-refractivity contribution in [1.82, 2.24) is 9.55 Å². The molecule has 1 aliphatic rings. The van der Waals surface area contributed by atoms with Crippen LogP contribution < -0.4 is 5.73 Å². The number of nitrogens with zero attached hydrogens (tertiary/aromatic N) is 2. The molecular formula is C12H21N3. The summed E-state index contributed by atoms with van der Waals surface area (Å²) in [5.41, 5.74) is 8.30. The van der Waals surface area contributed by atoms with Crippen LogP contribution in [0, 0.1) is 6.92 Å². The minimum absolute atomic E-state index is 0.600. The molecule has 1 unspecified atom stereocenters. The summed E-state index contributed by atoms with van der Waals surface area (Å²) in [5.74, 6) is 1.89. The van der Waals surface area contributed by atoms with Gasteiger partial charge in [0, 0.05) is 18.2 Å². The van der Waals surface area contributed by atoms with Gasteiger partial charge in [-0.15, -0.1) is 0 Å². The number of fused-ring (bicyclic) bond motifs is 1. The highest BCUT2D eigenvalue weighted by molar-refractivity contribution is 5.19. The maximum atomic E-state index is 5.66. The van der Waals surface area contributed by atoms with E-state index in [9.17, 15) is 0 Å². The van der Waals surface area contributed by atoms with Crippen molar-refractivity contribution in [3.8, 4) is 0 Å². The van der Waals surface area contributed by atoms with E-state index < -0.39 is 0 Å². The highest BCUT2D eigenvalue weighted by atomic mass is 15.1. The van der Waals surface area contributed by atoms with E-state index in [4.69, 9.17) is 10.7 Å². The Kier molecular flexibility index (Phi) is 3.10. The molecule has 2 rings (SSSR count). The fourth-order valence-corrected chi connectivity index (χ4v) is 2.64. The summed E-state index contributed by atoms with van der Waals surface area (Å²) < 4.78 is 2.41. The Morgan fingerprint density at radius 1 is 1.53 bits per heavy atom. The zero-order valence-electron chi connectivity index (χ0n) is 9.79. The van der Waals surface area contributed by atoms with Crippen LogP contribution in [0.3, 0.4) is 0 Å². The molecule has 3 nitrogen and oxygen atoms in total. The summed E-state index contributed by atoms with van der Waals surface area (Å²) in [6, 6.07) is 0. The molecule has 0 radical (unpaired) electrons. The maximum absolute atomic E-state index is 5.66. The normalized spacial score (nSPS) is 20.3. The third kappa shape index (κ3) is 1.81. The molecule has 0 amide bonds. The molecule has 1 aliphatic heterocycles. The van der Waals surface area contributed by atoms with Crippen LogP contribution in [0.1, 0.15) is 49.3 Å². The first-order valence-electron chi connectivity index (χ1n) is 6.03. The summed E-state index contributed by atoms with van der Waals surface area (Å²) in [7, 11) is 0. The van der Waals surface area contributed by atoms with Gasteiger partial charge in [0.1, 0.15) is 5.82 Å². The Bertz CT molecular complexity index is 341. The van der Waals surface area contributed by atoms with Gasteiger partial charge in [-0.3, -0.25) is 0 Å². The number of hydrogen-bond donors (Lipinski definition) is 1. The third-order valence-corrected chi connectivity index (χ3v) is 3.50. The molecule has 15 heavy (non-hydrogen) atoms. The summed E-state index contributed by atoms with van der Waals surface area (Å²) in [6.45, 7) is 6.30. The van der Waals surface area contributed by atoms with Crippen LogP contribution in [0.4, 0.5) is 0 Å². The monoisotopic (exact) mass is 207 g/mol. The van der Waals surface area contributed by atoms with Crippen LogP contribution in [-0.4, -0.2) is 16.1 Å². The topological polar surface area (TPSA) is 43.8 Å². The summed E-state index contributed by atoms with van der Waals surface area (Å²) in [5, 5.41) is 0. The van der Waals surface area contributed by atoms with Gasteiger partial charge in [0.2, 0.25) is 0 Å². The van der Waals surface area contributed by atoms with Crippen LogP contribution in [-0.2, 0) is 13.0 Å². The van der Waals surface area contributed by atoms with Crippen molar-refractivity contribution in [2.24, 2.45) is 5.73 Å². The van der Waals surface area contributed by atoms with E-state index in [1.54, 1.807) is 0 Å². The molecule has 0 saturated carbocycles. The first kappa shape index (κ1) is 10.7. The Hall–Kier alpha value is -0.830. The number of nitrogens with two attached hydrogens (primary N) is 1. The number of imidazole rings is 1. The van der Waals surface area contributed by atoms with Crippen molar-refractivity contribution in [2.75, 3.05) is 6.54 Å². The summed E-state index contributed by atoms with van der Waals surface area (Å²) in [4.78, 5) is 4.78. The molecule has 3 heteroatoms. The van der Waals surface area contributed by atoms with E-state index >= 15 is 0 Å². The van der Waals surface area contributed by atoms with Crippen molar-refractivity contribution in [3.63, 3.8) is 0 Å². The predicted octanol–water partition coefficient (Wildman–Crippen LogP) is 1.98. The van der Waals surface area contributed by atoms with Gasteiger partial charge in [-0.25, -0.2) is 4.98 Å². The number of aryl methyl sites for hydroxylation is 1. The molecule has 2 heterocycles. The minimum atomic E-state index is 0.600. The van der Waals surface area contributed by atoms with Crippen molar-refractivity contribution >= 4 is 0 Å². The molecule has 0 saturated heterocycles. The fourth-order valence-electron chi connectivity index (χ4n) is 2.64. The molecule has 84 valence electrons. The van der Waals surface area contributed by atoms with Crippen LogP contribution >= 0.6 is 0 Å². The third-order valence-electron chi connectivity index (χ3n) is 3.50. The fraction of sp³-hybridized carbons (Fsp3) is 0.750. The maximum Gasteiger partial charge on any atom is 0.112 e. The van der Waals surface area contributed by atoms with Gasteiger partial charge in [-0.2, -0.15) is 0 Å². The summed E-state index contributed by atoms with van der Waals surface area (Å²) in [6.07, 6.45) is 4.66. The van der Waals surface area contributed by atoms with Gasteiger partial charge in [0.15, 0.2) is 0 Å². The van der Waals surface area contributed by atoms with E-state index in [1.807, 2.05) is 0 Å². The first-order chi connectivity index (χ1) is 7.27. The Morgan fingerprint density at radius 2 is 2.33 bits per heavy atom. The van der Waals surface area contributed by atoms with Crippen molar-refractivity contribution < 1.29 is 0 Å². The van der Waals surface area contributed by atoms with Crippen LogP contribution in [0.5, 0.6) is 0 Å². The van der Waals surface area contributed by atoms with E-state index in [-0.39, 0.29) is 0 Å². The lowest BCUT2D eigenvalue weighted by molar-refractivity contribution is 0.424. The van der Waals surface area contributed by atoms with E-state index in [0.717, 1.165) is 25.9 Å². The van der Waals surface area contributed by atoms with Gasteiger partial charge < -0.3 is 10.3 Å². The van der Waals surface area contributed by atoms with Crippen LogP contribution in [0.2, 0.25) is 0 Å². The highest BCUT2D eigenvalue weighted by Crippen LogP contribution is 2.30.